The Hall–Kier alpha value is -1.90. The zero-order valence-electron chi connectivity index (χ0n) is 11.1. The molecular weight excluding hydrogens is 234 g/mol. The average molecular weight is 251 g/mol. The Kier molecular flexibility index (Phi) is 3.75. The molecule has 0 aliphatic carbocycles. The van der Waals surface area contributed by atoms with Crippen molar-refractivity contribution in [3.05, 3.63) is 0 Å². The van der Waals surface area contributed by atoms with Gasteiger partial charge in [-0.1, -0.05) is 0 Å². The van der Waals surface area contributed by atoms with E-state index in [0.717, 1.165) is 9.80 Å². The molecule has 4 amide bonds. The number of carbonyl (C=O) groups is 3. The number of rotatable bonds is 4. The van der Waals surface area contributed by atoms with Crippen molar-refractivity contribution in [1.29, 1.82) is 5.26 Å². The van der Waals surface area contributed by atoms with Crippen LogP contribution in [0.25, 0.3) is 0 Å². The monoisotopic (exact) mass is 251 g/mol. The Morgan fingerprint density at radius 1 is 1.22 bits per heavy atom. The van der Waals surface area contributed by atoms with Crippen LogP contribution in [-0.2, 0) is 9.59 Å². The van der Waals surface area contributed by atoms with Crippen LogP contribution in [0.5, 0.6) is 0 Å². The van der Waals surface area contributed by atoms with E-state index in [1.807, 2.05) is 0 Å². The van der Waals surface area contributed by atoms with Gasteiger partial charge < -0.3 is 0 Å². The van der Waals surface area contributed by atoms with Gasteiger partial charge in [0.05, 0.1) is 11.5 Å². The molecule has 6 heteroatoms. The van der Waals surface area contributed by atoms with E-state index >= 15 is 0 Å². The summed E-state index contributed by atoms with van der Waals surface area (Å²) < 4.78 is 0. The van der Waals surface area contributed by atoms with E-state index in [1.54, 1.807) is 27.7 Å². The molecule has 0 N–H and O–H groups in total. The number of nitrogens with zero attached hydrogens (tertiary/aromatic N) is 3. The summed E-state index contributed by atoms with van der Waals surface area (Å²) in [7, 11) is 0. The fourth-order valence-electron chi connectivity index (χ4n) is 1.62. The van der Waals surface area contributed by atoms with Crippen molar-refractivity contribution in [1.82, 2.24) is 9.80 Å². The van der Waals surface area contributed by atoms with Gasteiger partial charge in [0.15, 0.2) is 0 Å². The predicted molar refractivity (Wildman–Crippen MR) is 63.1 cm³/mol. The zero-order chi connectivity index (χ0) is 14.1. The van der Waals surface area contributed by atoms with Crippen molar-refractivity contribution >= 4 is 17.8 Å². The largest absolute Gasteiger partial charge is 0.334 e. The molecule has 0 aromatic rings. The van der Waals surface area contributed by atoms with Gasteiger partial charge in [-0.2, -0.15) is 5.26 Å². The van der Waals surface area contributed by atoms with E-state index in [9.17, 15) is 14.4 Å². The first-order chi connectivity index (χ1) is 8.21. The van der Waals surface area contributed by atoms with E-state index in [4.69, 9.17) is 5.26 Å². The van der Waals surface area contributed by atoms with Gasteiger partial charge in [0, 0.05) is 12.6 Å². The predicted octanol–water partition coefficient (Wildman–Crippen LogP) is 1.13. The molecular formula is C12H17N3O3. The van der Waals surface area contributed by atoms with Crippen molar-refractivity contribution in [3.8, 4) is 6.07 Å². The lowest BCUT2D eigenvalue weighted by Gasteiger charge is -2.21. The van der Waals surface area contributed by atoms with Gasteiger partial charge in [0.25, 0.3) is 0 Å². The fraction of sp³-hybridized carbons (Fsp3) is 0.667. The van der Waals surface area contributed by atoms with Crippen LogP contribution in [-0.4, -0.2) is 40.2 Å². The Morgan fingerprint density at radius 3 is 2.17 bits per heavy atom. The van der Waals surface area contributed by atoms with Gasteiger partial charge in [-0.05, 0) is 34.1 Å². The van der Waals surface area contributed by atoms with Gasteiger partial charge in [-0.25, -0.2) is 4.79 Å². The molecule has 0 spiro atoms. The van der Waals surface area contributed by atoms with Crippen LogP contribution >= 0.6 is 0 Å². The minimum absolute atomic E-state index is 0.0905. The van der Waals surface area contributed by atoms with Crippen LogP contribution in [0.15, 0.2) is 0 Å². The summed E-state index contributed by atoms with van der Waals surface area (Å²) in [6.45, 7) is 6.88. The fourth-order valence-corrected chi connectivity index (χ4v) is 1.62. The molecule has 98 valence electrons. The Morgan fingerprint density at radius 2 is 1.78 bits per heavy atom. The van der Waals surface area contributed by atoms with Crippen LogP contribution in [0, 0.1) is 16.7 Å². The standard InChI is InChI=1S/C12H17N3O3/c1-8(2)15-10(17)9(16)14(11(15)18)6-5-12(3,4)7-13/h8H,5-6H2,1-4H3. The SMILES string of the molecule is CC(C)N1C(=O)C(=O)N(CCC(C)(C)C#N)C1=O. The summed E-state index contributed by atoms with van der Waals surface area (Å²) in [4.78, 5) is 37.0. The highest BCUT2D eigenvalue weighted by Gasteiger charge is 2.45. The molecule has 0 saturated carbocycles. The molecule has 18 heavy (non-hydrogen) atoms. The van der Waals surface area contributed by atoms with Crippen molar-refractivity contribution in [2.45, 2.75) is 40.2 Å². The third kappa shape index (κ3) is 2.50. The molecule has 0 aromatic heterocycles. The molecule has 0 radical (unpaired) electrons. The third-order valence-corrected chi connectivity index (χ3v) is 2.86. The molecule has 0 unspecified atom stereocenters. The Bertz CT molecular complexity index is 434. The first kappa shape index (κ1) is 14.2. The summed E-state index contributed by atoms with van der Waals surface area (Å²) in [5.41, 5.74) is -0.630. The highest BCUT2D eigenvalue weighted by atomic mass is 16.2. The summed E-state index contributed by atoms with van der Waals surface area (Å²) in [6.07, 6.45) is 0.347. The maximum absolute atomic E-state index is 11.9. The Labute approximate surface area is 106 Å². The summed E-state index contributed by atoms with van der Waals surface area (Å²) in [5, 5.41) is 8.88. The van der Waals surface area contributed by atoms with Crippen molar-refractivity contribution in [2.24, 2.45) is 5.41 Å². The average Bonchev–Trinajstić information content (AvgIpc) is 2.48. The second kappa shape index (κ2) is 4.77. The lowest BCUT2D eigenvalue weighted by molar-refractivity contribution is -0.143. The number of amides is 4. The number of hydrogen-bond donors (Lipinski definition) is 0. The number of nitriles is 1. The van der Waals surface area contributed by atoms with E-state index in [1.165, 1.54) is 0 Å². The second-order valence-corrected chi connectivity index (χ2v) is 5.25. The van der Waals surface area contributed by atoms with Gasteiger partial charge in [0.1, 0.15) is 0 Å². The van der Waals surface area contributed by atoms with E-state index in [0.29, 0.717) is 6.42 Å². The van der Waals surface area contributed by atoms with Crippen LogP contribution < -0.4 is 0 Å². The molecule has 1 rings (SSSR count). The zero-order valence-corrected chi connectivity index (χ0v) is 11.1. The van der Waals surface area contributed by atoms with Gasteiger partial charge in [0.2, 0.25) is 0 Å². The molecule has 0 aromatic carbocycles. The molecule has 1 saturated heterocycles. The van der Waals surface area contributed by atoms with Crippen LogP contribution in [0.3, 0.4) is 0 Å². The summed E-state index contributed by atoms with van der Waals surface area (Å²) >= 11 is 0. The molecule has 0 bridgehead atoms. The minimum Gasteiger partial charge on any atom is -0.263 e. The van der Waals surface area contributed by atoms with Gasteiger partial charge in [-0.15, -0.1) is 0 Å². The maximum Gasteiger partial charge on any atom is 0.334 e. The maximum atomic E-state index is 11.9. The number of imide groups is 2. The van der Waals surface area contributed by atoms with Gasteiger partial charge in [-0.3, -0.25) is 19.4 Å². The van der Waals surface area contributed by atoms with Crippen molar-refractivity contribution in [3.63, 3.8) is 0 Å². The lowest BCUT2D eigenvalue weighted by Crippen LogP contribution is -2.38. The summed E-state index contributed by atoms with van der Waals surface area (Å²) in [5.74, 6) is -1.59. The smallest absolute Gasteiger partial charge is 0.263 e. The van der Waals surface area contributed by atoms with E-state index < -0.39 is 23.3 Å². The van der Waals surface area contributed by atoms with Crippen molar-refractivity contribution in [2.75, 3.05) is 6.54 Å². The van der Waals surface area contributed by atoms with Gasteiger partial charge >= 0.3 is 17.8 Å². The number of hydrogen-bond acceptors (Lipinski definition) is 4. The minimum atomic E-state index is -0.803. The highest BCUT2D eigenvalue weighted by molar-refractivity contribution is 6.44. The quantitative estimate of drug-likeness (QED) is 0.554. The summed E-state index contributed by atoms with van der Waals surface area (Å²) in [6, 6.07) is 1.16. The molecule has 1 heterocycles. The Balaban J connectivity index is 2.81. The van der Waals surface area contributed by atoms with Crippen LogP contribution in [0.1, 0.15) is 34.1 Å². The van der Waals surface area contributed by atoms with Crippen LogP contribution in [0.2, 0.25) is 0 Å². The molecule has 1 aliphatic rings. The molecule has 1 fully saturated rings. The lowest BCUT2D eigenvalue weighted by atomic mass is 9.91. The van der Waals surface area contributed by atoms with Crippen LogP contribution in [0.4, 0.5) is 4.79 Å². The van der Waals surface area contributed by atoms with Crippen molar-refractivity contribution < 1.29 is 14.4 Å². The normalized spacial score (nSPS) is 16.8. The van der Waals surface area contributed by atoms with E-state index in [2.05, 4.69) is 6.07 Å². The number of urea groups is 1. The molecule has 6 nitrogen and oxygen atoms in total. The first-order valence-electron chi connectivity index (χ1n) is 5.81. The first-order valence-corrected chi connectivity index (χ1v) is 5.81. The topological polar surface area (TPSA) is 81.5 Å². The molecule has 1 aliphatic heterocycles. The second-order valence-electron chi connectivity index (χ2n) is 5.25. The highest BCUT2D eigenvalue weighted by Crippen LogP contribution is 2.22. The third-order valence-electron chi connectivity index (χ3n) is 2.86. The molecule has 0 atom stereocenters. The number of carbonyl (C=O) groups excluding carboxylic acids is 3. The van der Waals surface area contributed by atoms with E-state index in [-0.39, 0.29) is 12.6 Å².